The molecular weight excluding hydrogens is 339 g/mol. The fourth-order valence-corrected chi connectivity index (χ4v) is 3.20. The highest BCUT2D eigenvalue weighted by molar-refractivity contribution is 7.89. The van der Waals surface area contributed by atoms with Crippen LogP contribution in [0.4, 0.5) is 4.39 Å². The van der Waals surface area contributed by atoms with E-state index in [4.69, 9.17) is 9.47 Å². The molecule has 0 radical (unpaired) electrons. The summed E-state index contributed by atoms with van der Waals surface area (Å²) in [6.45, 7) is 0.450. The predicted octanol–water partition coefficient (Wildman–Crippen LogP) is 0.750. The molecule has 0 saturated carbocycles. The molecule has 1 amide bonds. The summed E-state index contributed by atoms with van der Waals surface area (Å²) in [7, 11) is -0.726. The van der Waals surface area contributed by atoms with Gasteiger partial charge in [-0.3, -0.25) is 4.79 Å². The number of carbonyl (C=O) groups excluding carboxylic acids is 1. The number of benzene rings is 1. The van der Waals surface area contributed by atoms with Crippen LogP contribution in [-0.4, -0.2) is 59.2 Å². The summed E-state index contributed by atoms with van der Waals surface area (Å²) >= 11 is 0. The van der Waals surface area contributed by atoms with E-state index in [1.165, 1.54) is 17.0 Å². The van der Waals surface area contributed by atoms with Crippen molar-refractivity contribution in [2.24, 2.45) is 0 Å². The van der Waals surface area contributed by atoms with Gasteiger partial charge in [0.15, 0.2) is 18.2 Å². The Kier molecular flexibility index (Phi) is 6.14. The molecule has 1 heterocycles. The number of halogens is 1. The summed E-state index contributed by atoms with van der Waals surface area (Å²) in [4.78, 5) is 12.5. The quantitative estimate of drug-likeness (QED) is 0.776. The number of sulfonamides is 1. The second-order valence-corrected chi connectivity index (χ2v) is 7.42. The highest BCUT2D eigenvalue weighted by atomic mass is 32.2. The monoisotopic (exact) mass is 360 g/mol. The molecule has 1 aliphatic heterocycles. The summed E-state index contributed by atoms with van der Waals surface area (Å²) in [5, 5.41) is 0. The first-order chi connectivity index (χ1) is 11.3. The smallest absolute Gasteiger partial charge is 0.259 e. The maximum Gasteiger partial charge on any atom is 0.259 e. The number of likely N-dealkylation sites (N-methyl/N-ethyl adjacent to an activating group) is 1. The Labute approximate surface area is 140 Å². The lowest BCUT2D eigenvalue weighted by Gasteiger charge is -2.13. The van der Waals surface area contributed by atoms with E-state index < -0.39 is 15.8 Å². The van der Waals surface area contributed by atoms with Crippen LogP contribution in [-0.2, 0) is 19.6 Å². The van der Waals surface area contributed by atoms with Gasteiger partial charge in [0.25, 0.3) is 5.91 Å². The molecule has 134 valence electrons. The van der Waals surface area contributed by atoms with Gasteiger partial charge in [-0.05, 0) is 31.0 Å². The van der Waals surface area contributed by atoms with Gasteiger partial charge in [0.1, 0.15) is 0 Å². The van der Waals surface area contributed by atoms with Crippen molar-refractivity contribution in [3.05, 3.63) is 24.0 Å². The summed E-state index contributed by atoms with van der Waals surface area (Å²) in [5.41, 5.74) is 0. The van der Waals surface area contributed by atoms with E-state index in [2.05, 4.69) is 4.72 Å². The molecule has 1 aromatic carbocycles. The third kappa shape index (κ3) is 4.89. The first kappa shape index (κ1) is 18.6. The number of rotatable bonds is 7. The SMILES string of the molecule is CN(C)C(=O)COc1ccc(S(=O)(=O)NC[C@H]2CCCO2)cc1F. The van der Waals surface area contributed by atoms with Crippen molar-refractivity contribution in [3.63, 3.8) is 0 Å². The van der Waals surface area contributed by atoms with Crippen LogP contribution >= 0.6 is 0 Å². The van der Waals surface area contributed by atoms with Crippen LogP contribution in [0.5, 0.6) is 5.75 Å². The minimum Gasteiger partial charge on any atom is -0.481 e. The highest BCUT2D eigenvalue weighted by Crippen LogP contribution is 2.21. The number of carbonyl (C=O) groups is 1. The average molecular weight is 360 g/mol. The van der Waals surface area contributed by atoms with E-state index in [-0.39, 0.29) is 35.8 Å². The van der Waals surface area contributed by atoms with Gasteiger partial charge < -0.3 is 14.4 Å². The second-order valence-electron chi connectivity index (χ2n) is 5.66. The largest absolute Gasteiger partial charge is 0.481 e. The Balaban J connectivity index is 2.00. The Hall–Kier alpha value is -1.71. The summed E-state index contributed by atoms with van der Waals surface area (Å²) in [5.74, 6) is -1.35. The van der Waals surface area contributed by atoms with Crippen molar-refractivity contribution in [3.8, 4) is 5.75 Å². The minimum atomic E-state index is -3.83. The van der Waals surface area contributed by atoms with Crippen LogP contribution in [0.2, 0.25) is 0 Å². The van der Waals surface area contributed by atoms with Crippen LogP contribution in [0.1, 0.15) is 12.8 Å². The van der Waals surface area contributed by atoms with Gasteiger partial charge in [-0.1, -0.05) is 0 Å². The fraction of sp³-hybridized carbons (Fsp3) is 0.533. The Morgan fingerprint density at radius 2 is 2.21 bits per heavy atom. The maximum absolute atomic E-state index is 14.0. The summed E-state index contributed by atoms with van der Waals surface area (Å²) in [6, 6.07) is 3.29. The molecule has 1 aromatic rings. The molecule has 1 N–H and O–H groups in total. The van der Waals surface area contributed by atoms with Crippen molar-refractivity contribution < 1.29 is 27.1 Å². The number of hydrogen-bond donors (Lipinski definition) is 1. The van der Waals surface area contributed by atoms with Gasteiger partial charge in [0.05, 0.1) is 11.0 Å². The van der Waals surface area contributed by atoms with Gasteiger partial charge in [-0.15, -0.1) is 0 Å². The van der Waals surface area contributed by atoms with Crippen molar-refractivity contribution in [2.45, 2.75) is 23.8 Å². The zero-order valence-corrected chi connectivity index (χ0v) is 14.4. The van der Waals surface area contributed by atoms with Gasteiger partial charge in [0, 0.05) is 27.2 Å². The van der Waals surface area contributed by atoms with E-state index in [0.717, 1.165) is 18.9 Å². The lowest BCUT2D eigenvalue weighted by Crippen LogP contribution is -2.31. The molecular formula is C15H21FN2O5S. The second kappa shape index (κ2) is 7.91. The first-order valence-corrected chi connectivity index (χ1v) is 9.01. The lowest BCUT2D eigenvalue weighted by molar-refractivity contribution is -0.130. The van der Waals surface area contributed by atoms with Crippen LogP contribution in [0, 0.1) is 5.82 Å². The third-order valence-corrected chi connectivity index (χ3v) is 5.01. The highest BCUT2D eigenvalue weighted by Gasteiger charge is 2.21. The fourth-order valence-electron chi connectivity index (χ4n) is 2.13. The average Bonchev–Trinajstić information content (AvgIpc) is 3.04. The number of ether oxygens (including phenoxy) is 2. The third-order valence-electron chi connectivity index (χ3n) is 3.59. The molecule has 2 rings (SSSR count). The number of nitrogens with zero attached hydrogens (tertiary/aromatic N) is 1. The van der Waals surface area contributed by atoms with Gasteiger partial charge >= 0.3 is 0 Å². The Bertz CT molecular complexity index is 687. The molecule has 7 nitrogen and oxygen atoms in total. The molecule has 0 spiro atoms. The first-order valence-electron chi connectivity index (χ1n) is 7.53. The van der Waals surface area contributed by atoms with Crippen LogP contribution in [0.15, 0.2) is 23.1 Å². The summed E-state index contributed by atoms with van der Waals surface area (Å²) in [6.07, 6.45) is 1.55. The molecule has 24 heavy (non-hydrogen) atoms. The number of nitrogens with one attached hydrogen (secondary N) is 1. The molecule has 0 bridgehead atoms. The molecule has 1 saturated heterocycles. The van der Waals surface area contributed by atoms with E-state index in [0.29, 0.717) is 6.61 Å². The normalized spacial score (nSPS) is 17.7. The van der Waals surface area contributed by atoms with Crippen molar-refractivity contribution in [2.75, 3.05) is 33.9 Å². The molecule has 1 atom stereocenters. The summed E-state index contributed by atoms with van der Waals surface area (Å²) < 4.78 is 51.2. The number of amides is 1. The zero-order chi connectivity index (χ0) is 17.7. The maximum atomic E-state index is 14.0. The topological polar surface area (TPSA) is 84.9 Å². The lowest BCUT2D eigenvalue weighted by atomic mass is 10.2. The Morgan fingerprint density at radius 1 is 1.46 bits per heavy atom. The molecule has 0 aliphatic carbocycles. The van der Waals surface area contributed by atoms with E-state index in [9.17, 15) is 17.6 Å². The standard InChI is InChI=1S/C15H21FN2O5S/c1-18(2)15(19)10-23-14-6-5-12(8-13(14)16)24(20,21)17-9-11-4-3-7-22-11/h5-6,8,11,17H,3-4,7,9-10H2,1-2H3/t11-/m1/s1. The van der Waals surface area contributed by atoms with Crippen LogP contribution in [0.25, 0.3) is 0 Å². The molecule has 0 unspecified atom stereocenters. The van der Waals surface area contributed by atoms with Gasteiger partial charge in [-0.25, -0.2) is 17.5 Å². The van der Waals surface area contributed by atoms with Gasteiger partial charge in [0.2, 0.25) is 10.0 Å². The molecule has 0 aromatic heterocycles. The minimum absolute atomic E-state index is 0.149. The van der Waals surface area contributed by atoms with E-state index in [1.54, 1.807) is 14.1 Å². The van der Waals surface area contributed by atoms with Crippen molar-refractivity contribution >= 4 is 15.9 Å². The molecule has 9 heteroatoms. The van der Waals surface area contributed by atoms with Crippen LogP contribution < -0.4 is 9.46 Å². The van der Waals surface area contributed by atoms with Gasteiger partial charge in [-0.2, -0.15) is 0 Å². The van der Waals surface area contributed by atoms with Crippen molar-refractivity contribution in [1.82, 2.24) is 9.62 Å². The number of hydrogen-bond acceptors (Lipinski definition) is 5. The van der Waals surface area contributed by atoms with E-state index in [1.807, 2.05) is 0 Å². The van der Waals surface area contributed by atoms with E-state index >= 15 is 0 Å². The zero-order valence-electron chi connectivity index (χ0n) is 13.6. The Morgan fingerprint density at radius 3 is 2.79 bits per heavy atom. The molecule has 1 fully saturated rings. The predicted molar refractivity (Wildman–Crippen MR) is 84.8 cm³/mol. The molecule has 1 aliphatic rings. The van der Waals surface area contributed by atoms with Crippen LogP contribution in [0.3, 0.4) is 0 Å². The van der Waals surface area contributed by atoms with Crippen molar-refractivity contribution in [1.29, 1.82) is 0 Å².